The van der Waals surface area contributed by atoms with E-state index in [0.717, 1.165) is 17.8 Å². The molecule has 21 heavy (non-hydrogen) atoms. The molecule has 3 rings (SSSR count). The van der Waals surface area contributed by atoms with E-state index >= 15 is 0 Å². The third-order valence-corrected chi connectivity index (χ3v) is 4.49. The average Bonchev–Trinajstić information content (AvgIpc) is 2.96. The number of amides is 1. The van der Waals surface area contributed by atoms with Crippen molar-refractivity contribution < 1.29 is 44.3 Å². The number of nitrogens with zero attached hydrogens (tertiary/aromatic N) is 3. The number of carbonyl (C=O) groups excluding carboxylic acids is 2. The van der Waals surface area contributed by atoms with Gasteiger partial charge in [0.2, 0.25) is 0 Å². The minimum atomic E-state index is -1.32. The van der Waals surface area contributed by atoms with E-state index in [4.69, 9.17) is 0 Å². The number of carboxylic acid groups (broad SMARTS) is 1. The van der Waals surface area contributed by atoms with Crippen LogP contribution in [0.2, 0.25) is 0 Å². The number of aryl methyl sites for hydroxylation is 2. The fourth-order valence-corrected chi connectivity index (χ4v) is 3.46. The molecule has 2 aliphatic heterocycles. The van der Waals surface area contributed by atoms with Crippen molar-refractivity contribution in [2.75, 3.05) is 0 Å². The van der Waals surface area contributed by atoms with E-state index in [1.165, 1.54) is 22.1 Å². The first kappa shape index (κ1) is 16.4. The second-order valence-corrected chi connectivity index (χ2v) is 5.55. The van der Waals surface area contributed by atoms with Crippen LogP contribution in [0.5, 0.6) is 0 Å². The maximum Gasteiger partial charge on any atom is 1.00 e. The largest absolute Gasteiger partial charge is 1.00 e. The van der Waals surface area contributed by atoms with Crippen molar-refractivity contribution in [1.82, 2.24) is 14.7 Å². The molecule has 0 unspecified atom stereocenters. The summed E-state index contributed by atoms with van der Waals surface area (Å²) in [5.41, 5.74) is 2.31. The molecule has 0 saturated carbocycles. The molecule has 0 spiro atoms. The second kappa shape index (κ2) is 6.00. The van der Waals surface area contributed by atoms with Crippen molar-refractivity contribution >= 4 is 29.7 Å². The molecule has 1 aromatic rings. The fourth-order valence-electron chi connectivity index (χ4n) is 2.35. The number of thioether (sulfide) groups is 1. The maximum absolute atomic E-state index is 12.0. The van der Waals surface area contributed by atoms with Gasteiger partial charge in [-0.2, -0.15) is 5.10 Å². The van der Waals surface area contributed by atoms with Crippen molar-refractivity contribution in [1.29, 1.82) is 0 Å². The van der Waals surface area contributed by atoms with Crippen LogP contribution >= 0.6 is 11.8 Å². The van der Waals surface area contributed by atoms with Crippen LogP contribution in [0.3, 0.4) is 0 Å². The first-order valence-corrected chi connectivity index (χ1v) is 7.12. The van der Waals surface area contributed by atoms with Gasteiger partial charge in [0.15, 0.2) is 0 Å². The Morgan fingerprint density at radius 3 is 2.86 bits per heavy atom. The standard InChI is InChI=1S/C13H13N3O3S.Na/c1-3-8-4-7(14-15(8)2)5-9-11(17)16-10(13(18)19)6-20-12(9)16;/h4-6,12H,3H2,1-2H3,(H,18,19);/q;+1/p-1/b9-5+;/t12-;/m1./s1. The molecule has 3 heterocycles. The predicted molar refractivity (Wildman–Crippen MR) is 71.9 cm³/mol. The van der Waals surface area contributed by atoms with Crippen LogP contribution in [-0.2, 0) is 23.1 Å². The number of hydrogen-bond acceptors (Lipinski definition) is 5. The van der Waals surface area contributed by atoms with Crippen LogP contribution in [0.25, 0.3) is 6.08 Å². The molecule has 104 valence electrons. The Morgan fingerprint density at radius 1 is 1.57 bits per heavy atom. The Balaban J connectivity index is 0.00000161. The van der Waals surface area contributed by atoms with E-state index in [-0.39, 0.29) is 46.5 Å². The van der Waals surface area contributed by atoms with Gasteiger partial charge < -0.3 is 9.90 Å². The minimum Gasteiger partial charge on any atom is -0.543 e. The summed E-state index contributed by atoms with van der Waals surface area (Å²) >= 11 is 1.30. The van der Waals surface area contributed by atoms with Gasteiger partial charge in [0.05, 0.1) is 22.9 Å². The fraction of sp³-hybridized carbons (Fsp3) is 0.308. The first-order valence-electron chi connectivity index (χ1n) is 6.18. The second-order valence-electron chi connectivity index (χ2n) is 4.59. The third kappa shape index (κ3) is 2.59. The van der Waals surface area contributed by atoms with Gasteiger partial charge in [0, 0.05) is 12.7 Å². The number of carbonyl (C=O) groups is 2. The molecule has 0 radical (unpaired) electrons. The monoisotopic (exact) mass is 313 g/mol. The van der Waals surface area contributed by atoms with E-state index in [2.05, 4.69) is 5.10 Å². The molecule has 1 aromatic heterocycles. The summed E-state index contributed by atoms with van der Waals surface area (Å²) < 4.78 is 1.78. The summed E-state index contributed by atoms with van der Waals surface area (Å²) in [4.78, 5) is 24.1. The molecule has 0 N–H and O–H groups in total. The van der Waals surface area contributed by atoms with Crippen LogP contribution in [0, 0.1) is 0 Å². The van der Waals surface area contributed by atoms with Crippen LogP contribution in [0.15, 0.2) is 22.7 Å². The number of rotatable bonds is 3. The molecule has 6 nitrogen and oxygen atoms in total. The minimum absolute atomic E-state index is 0. The molecule has 2 aliphatic rings. The van der Waals surface area contributed by atoms with Gasteiger partial charge in [0.25, 0.3) is 5.91 Å². The van der Waals surface area contributed by atoms with E-state index in [1.807, 2.05) is 20.0 Å². The van der Waals surface area contributed by atoms with Crippen molar-refractivity contribution in [2.45, 2.75) is 18.7 Å². The summed E-state index contributed by atoms with van der Waals surface area (Å²) in [6, 6.07) is 1.93. The zero-order valence-corrected chi connectivity index (χ0v) is 14.8. The smallest absolute Gasteiger partial charge is 0.543 e. The number of fused-ring (bicyclic) bond motifs is 1. The van der Waals surface area contributed by atoms with Crippen LogP contribution in [-0.4, -0.2) is 31.9 Å². The number of β-lactam (4-membered cyclic amide) rings is 1. The topological polar surface area (TPSA) is 78.3 Å². The van der Waals surface area contributed by atoms with Crippen molar-refractivity contribution in [3.05, 3.63) is 34.1 Å². The molecule has 1 fully saturated rings. The van der Waals surface area contributed by atoms with E-state index in [0.29, 0.717) is 5.57 Å². The molecular weight excluding hydrogens is 301 g/mol. The van der Waals surface area contributed by atoms with Gasteiger partial charge in [0.1, 0.15) is 5.37 Å². The summed E-state index contributed by atoms with van der Waals surface area (Å²) in [5, 5.41) is 16.4. The zero-order valence-electron chi connectivity index (χ0n) is 12.0. The predicted octanol–water partition coefficient (Wildman–Crippen LogP) is -3.12. The maximum atomic E-state index is 12.0. The Hall–Kier alpha value is -1.02. The summed E-state index contributed by atoms with van der Waals surface area (Å²) in [5.74, 6) is -1.61. The van der Waals surface area contributed by atoms with Gasteiger partial charge in [-0.3, -0.25) is 14.4 Å². The molecule has 1 saturated heterocycles. The summed E-state index contributed by atoms with van der Waals surface area (Å²) in [7, 11) is 1.86. The molecule has 8 heteroatoms. The number of aliphatic carboxylic acids is 1. The number of carboxylic acids is 1. The zero-order chi connectivity index (χ0) is 14.4. The quantitative estimate of drug-likeness (QED) is 0.335. The Labute approximate surface area is 148 Å². The first-order chi connectivity index (χ1) is 9.52. The van der Waals surface area contributed by atoms with E-state index in [1.54, 1.807) is 10.8 Å². The van der Waals surface area contributed by atoms with E-state index < -0.39 is 5.97 Å². The SMILES string of the molecule is CCc1cc(/C=C2\C(=O)N3C(C(=O)[O-])=CS[C@H]23)nn1C.[Na+]. The van der Waals surface area contributed by atoms with Gasteiger partial charge in [-0.1, -0.05) is 6.92 Å². The van der Waals surface area contributed by atoms with Crippen LogP contribution in [0.4, 0.5) is 0 Å². The van der Waals surface area contributed by atoms with Gasteiger partial charge >= 0.3 is 29.6 Å². The van der Waals surface area contributed by atoms with Gasteiger partial charge in [-0.25, -0.2) is 0 Å². The van der Waals surface area contributed by atoms with Crippen molar-refractivity contribution in [3.63, 3.8) is 0 Å². The normalized spacial score (nSPS) is 21.7. The number of hydrogen-bond donors (Lipinski definition) is 0. The molecule has 0 aliphatic carbocycles. The molecule has 1 atom stereocenters. The Morgan fingerprint density at radius 2 is 2.29 bits per heavy atom. The van der Waals surface area contributed by atoms with Crippen molar-refractivity contribution in [2.24, 2.45) is 7.05 Å². The van der Waals surface area contributed by atoms with Crippen LogP contribution < -0.4 is 34.7 Å². The summed E-state index contributed by atoms with van der Waals surface area (Å²) in [6.07, 6.45) is 2.59. The number of aromatic nitrogens is 2. The molecular formula is C13H12N3NaO3S. The van der Waals surface area contributed by atoms with Gasteiger partial charge in [-0.15, -0.1) is 11.8 Å². The van der Waals surface area contributed by atoms with Gasteiger partial charge in [-0.05, 0) is 24.0 Å². The molecule has 1 amide bonds. The van der Waals surface area contributed by atoms with Crippen LogP contribution in [0.1, 0.15) is 18.3 Å². The third-order valence-electron chi connectivity index (χ3n) is 3.40. The van der Waals surface area contributed by atoms with Crippen molar-refractivity contribution in [3.8, 4) is 0 Å². The molecule has 0 aromatic carbocycles. The van der Waals surface area contributed by atoms with E-state index in [9.17, 15) is 14.7 Å². The Kier molecular flexibility index (Phi) is 4.67. The average molecular weight is 313 g/mol. The Bertz CT molecular complexity index is 680. The summed E-state index contributed by atoms with van der Waals surface area (Å²) in [6.45, 7) is 2.03. The molecule has 0 bridgehead atoms.